The summed E-state index contributed by atoms with van der Waals surface area (Å²) in [6.07, 6.45) is 3.54. The molecular formula is C16H17BrCl2N2. The van der Waals surface area contributed by atoms with Crippen LogP contribution in [0.2, 0.25) is 10.0 Å². The molecule has 5 heteroatoms. The van der Waals surface area contributed by atoms with Gasteiger partial charge in [0.2, 0.25) is 0 Å². The van der Waals surface area contributed by atoms with Crippen molar-refractivity contribution in [3.8, 4) is 0 Å². The number of benzene rings is 1. The summed E-state index contributed by atoms with van der Waals surface area (Å²) in [5.74, 6) is 0. The monoisotopic (exact) mass is 386 g/mol. The molecule has 1 heterocycles. The van der Waals surface area contributed by atoms with Crippen LogP contribution >= 0.6 is 39.1 Å². The number of hydrogen-bond acceptors (Lipinski definition) is 2. The standard InChI is InChI=1S/C16H17BrCl2N2/c1-2-7-20-15(8-11-3-5-12(17)6-4-11)16-14(19)9-13(18)10-21-16/h3-6,9-10,15,20H,2,7-8H2,1H3. The van der Waals surface area contributed by atoms with Gasteiger partial charge in [-0.15, -0.1) is 0 Å². The van der Waals surface area contributed by atoms with Crippen LogP contribution in [0.3, 0.4) is 0 Å². The Balaban J connectivity index is 2.22. The third-order valence-corrected chi connectivity index (χ3v) is 4.20. The van der Waals surface area contributed by atoms with E-state index >= 15 is 0 Å². The first-order chi connectivity index (χ1) is 10.1. The van der Waals surface area contributed by atoms with E-state index in [1.807, 2.05) is 12.1 Å². The quantitative estimate of drug-likeness (QED) is 0.714. The Morgan fingerprint density at radius 1 is 1.24 bits per heavy atom. The molecule has 0 fully saturated rings. The lowest BCUT2D eigenvalue weighted by molar-refractivity contribution is 0.518. The van der Waals surface area contributed by atoms with E-state index in [0.29, 0.717) is 10.0 Å². The summed E-state index contributed by atoms with van der Waals surface area (Å²) < 4.78 is 1.08. The lowest BCUT2D eigenvalue weighted by Crippen LogP contribution is -2.25. The van der Waals surface area contributed by atoms with Crippen molar-refractivity contribution in [2.24, 2.45) is 0 Å². The van der Waals surface area contributed by atoms with E-state index in [1.54, 1.807) is 12.3 Å². The second-order valence-electron chi connectivity index (χ2n) is 4.86. The molecule has 2 rings (SSSR count). The molecule has 0 amide bonds. The Bertz CT molecular complexity index is 587. The molecule has 0 spiro atoms. The number of pyridine rings is 1. The van der Waals surface area contributed by atoms with E-state index in [0.717, 1.165) is 29.6 Å². The molecule has 2 nitrogen and oxygen atoms in total. The SMILES string of the molecule is CCCNC(Cc1ccc(Br)cc1)c1ncc(Cl)cc1Cl. The molecule has 1 aromatic heterocycles. The fourth-order valence-corrected chi connectivity index (χ4v) is 2.90. The van der Waals surface area contributed by atoms with Crippen molar-refractivity contribution in [1.29, 1.82) is 0 Å². The highest BCUT2D eigenvalue weighted by atomic mass is 79.9. The largest absolute Gasteiger partial charge is 0.308 e. The Hall–Kier alpha value is -0.610. The van der Waals surface area contributed by atoms with Crippen molar-refractivity contribution >= 4 is 39.1 Å². The van der Waals surface area contributed by atoms with Crippen LogP contribution in [0.1, 0.15) is 30.6 Å². The summed E-state index contributed by atoms with van der Waals surface area (Å²) in [5.41, 5.74) is 2.08. The minimum Gasteiger partial charge on any atom is -0.308 e. The number of nitrogens with zero attached hydrogens (tertiary/aromatic N) is 1. The first kappa shape index (κ1) is 16.8. The molecule has 0 aliphatic rings. The fourth-order valence-electron chi connectivity index (χ4n) is 2.12. The third kappa shape index (κ3) is 4.96. The average molecular weight is 388 g/mol. The van der Waals surface area contributed by atoms with Crippen LogP contribution < -0.4 is 5.32 Å². The van der Waals surface area contributed by atoms with Gasteiger partial charge in [-0.1, -0.05) is 58.2 Å². The van der Waals surface area contributed by atoms with Gasteiger partial charge in [0.05, 0.1) is 21.8 Å². The maximum Gasteiger partial charge on any atom is 0.0763 e. The number of halogens is 3. The van der Waals surface area contributed by atoms with Gasteiger partial charge >= 0.3 is 0 Å². The van der Waals surface area contributed by atoms with Gasteiger partial charge < -0.3 is 5.32 Å². The van der Waals surface area contributed by atoms with Gasteiger partial charge in [-0.3, -0.25) is 4.98 Å². The summed E-state index contributed by atoms with van der Waals surface area (Å²) in [4.78, 5) is 4.41. The predicted octanol–water partition coefficient (Wildman–Crippen LogP) is 5.43. The van der Waals surface area contributed by atoms with E-state index < -0.39 is 0 Å². The zero-order valence-corrected chi connectivity index (χ0v) is 14.8. The van der Waals surface area contributed by atoms with Gasteiger partial charge in [-0.05, 0) is 43.1 Å². The molecule has 21 heavy (non-hydrogen) atoms. The molecule has 0 aliphatic carbocycles. The smallest absolute Gasteiger partial charge is 0.0763 e. The van der Waals surface area contributed by atoms with Gasteiger partial charge in [0.15, 0.2) is 0 Å². The molecule has 0 aliphatic heterocycles. The fraction of sp³-hybridized carbons (Fsp3) is 0.312. The van der Waals surface area contributed by atoms with Gasteiger partial charge in [0.1, 0.15) is 0 Å². The summed E-state index contributed by atoms with van der Waals surface area (Å²) >= 11 is 15.7. The average Bonchev–Trinajstić information content (AvgIpc) is 2.46. The molecule has 0 saturated heterocycles. The van der Waals surface area contributed by atoms with Crippen LogP contribution in [-0.4, -0.2) is 11.5 Å². The Labute approximate surface area is 144 Å². The minimum atomic E-state index is 0.0795. The molecule has 112 valence electrons. The van der Waals surface area contributed by atoms with E-state index in [-0.39, 0.29) is 6.04 Å². The second-order valence-corrected chi connectivity index (χ2v) is 6.62. The zero-order valence-electron chi connectivity index (χ0n) is 11.7. The topological polar surface area (TPSA) is 24.9 Å². The highest BCUT2D eigenvalue weighted by Gasteiger charge is 2.16. The van der Waals surface area contributed by atoms with Gasteiger partial charge in [-0.25, -0.2) is 0 Å². The lowest BCUT2D eigenvalue weighted by atomic mass is 10.0. The number of aromatic nitrogens is 1. The summed E-state index contributed by atoms with van der Waals surface area (Å²) in [6.45, 7) is 3.06. The first-order valence-electron chi connectivity index (χ1n) is 6.89. The normalized spacial score (nSPS) is 12.4. The van der Waals surface area contributed by atoms with Crippen LogP contribution in [-0.2, 0) is 6.42 Å². The first-order valence-corrected chi connectivity index (χ1v) is 8.43. The van der Waals surface area contributed by atoms with E-state index in [9.17, 15) is 0 Å². The van der Waals surface area contributed by atoms with Crippen molar-refractivity contribution in [2.75, 3.05) is 6.54 Å². The van der Waals surface area contributed by atoms with Crippen molar-refractivity contribution in [1.82, 2.24) is 10.3 Å². The van der Waals surface area contributed by atoms with E-state index in [4.69, 9.17) is 23.2 Å². The molecule has 1 unspecified atom stereocenters. The van der Waals surface area contributed by atoms with Gasteiger partial charge in [0.25, 0.3) is 0 Å². The summed E-state index contributed by atoms with van der Waals surface area (Å²) in [7, 11) is 0. The predicted molar refractivity (Wildman–Crippen MR) is 93.1 cm³/mol. The summed E-state index contributed by atoms with van der Waals surface area (Å²) in [5, 5.41) is 4.67. The Morgan fingerprint density at radius 2 is 1.95 bits per heavy atom. The maximum atomic E-state index is 6.30. The number of rotatable bonds is 6. The third-order valence-electron chi connectivity index (χ3n) is 3.16. The van der Waals surface area contributed by atoms with Crippen LogP contribution in [0.4, 0.5) is 0 Å². The molecule has 1 aromatic carbocycles. The van der Waals surface area contributed by atoms with Gasteiger partial charge in [0, 0.05) is 10.7 Å². The zero-order chi connectivity index (χ0) is 15.2. The second kappa shape index (κ2) is 8.14. The number of nitrogens with one attached hydrogen (secondary N) is 1. The molecule has 1 N–H and O–H groups in total. The van der Waals surface area contributed by atoms with Crippen molar-refractivity contribution in [3.63, 3.8) is 0 Å². The molecule has 2 aromatic rings. The van der Waals surface area contributed by atoms with Crippen molar-refractivity contribution in [3.05, 3.63) is 62.3 Å². The molecular weight excluding hydrogens is 371 g/mol. The Kier molecular flexibility index (Phi) is 6.49. The maximum absolute atomic E-state index is 6.30. The lowest BCUT2D eigenvalue weighted by Gasteiger charge is -2.19. The number of hydrogen-bond donors (Lipinski definition) is 1. The molecule has 0 bridgehead atoms. The van der Waals surface area contributed by atoms with Crippen LogP contribution in [0.25, 0.3) is 0 Å². The van der Waals surface area contributed by atoms with E-state index in [1.165, 1.54) is 5.56 Å². The summed E-state index contributed by atoms with van der Waals surface area (Å²) in [6, 6.07) is 10.1. The van der Waals surface area contributed by atoms with Crippen LogP contribution in [0, 0.1) is 0 Å². The molecule has 1 atom stereocenters. The van der Waals surface area contributed by atoms with Crippen LogP contribution in [0.15, 0.2) is 41.0 Å². The minimum absolute atomic E-state index is 0.0795. The molecule has 0 saturated carbocycles. The van der Waals surface area contributed by atoms with Crippen molar-refractivity contribution in [2.45, 2.75) is 25.8 Å². The highest BCUT2D eigenvalue weighted by Crippen LogP contribution is 2.26. The highest BCUT2D eigenvalue weighted by molar-refractivity contribution is 9.10. The van der Waals surface area contributed by atoms with Crippen molar-refractivity contribution < 1.29 is 0 Å². The van der Waals surface area contributed by atoms with Gasteiger partial charge in [-0.2, -0.15) is 0 Å². The van der Waals surface area contributed by atoms with Crippen LogP contribution in [0.5, 0.6) is 0 Å². The Morgan fingerprint density at radius 3 is 2.57 bits per heavy atom. The van der Waals surface area contributed by atoms with E-state index in [2.05, 4.69) is 45.3 Å². The molecule has 0 radical (unpaired) electrons.